The van der Waals surface area contributed by atoms with Crippen LogP contribution in [0.3, 0.4) is 0 Å². The summed E-state index contributed by atoms with van der Waals surface area (Å²) >= 11 is 0. The minimum atomic E-state index is -1.06. The van der Waals surface area contributed by atoms with Gasteiger partial charge in [0.15, 0.2) is 29.1 Å². The van der Waals surface area contributed by atoms with E-state index in [1.54, 1.807) is 31.4 Å². The molecule has 2 unspecified atom stereocenters. The number of hydrogen-bond acceptors (Lipinski definition) is 6. The lowest BCUT2D eigenvalue weighted by molar-refractivity contribution is -0.000522. The van der Waals surface area contributed by atoms with Crippen molar-refractivity contribution >= 4 is 0 Å². The second kappa shape index (κ2) is 8.60. The molecule has 0 saturated carbocycles. The molecule has 136 valence electrons. The number of methoxy groups -OCH3 is 3. The van der Waals surface area contributed by atoms with E-state index in [0.717, 1.165) is 5.56 Å². The first-order valence-electron chi connectivity index (χ1n) is 7.86. The number of aliphatic hydroxyl groups excluding tert-OH is 2. The van der Waals surface area contributed by atoms with Gasteiger partial charge in [-0.15, -0.1) is 0 Å². The monoisotopic (exact) mass is 348 g/mol. The van der Waals surface area contributed by atoms with E-state index in [-0.39, 0.29) is 6.61 Å². The van der Waals surface area contributed by atoms with Crippen molar-refractivity contribution in [2.45, 2.75) is 19.1 Å². The molecule has 0 saturated heterocycles. The van der Waals surface area contributed by atoms with Gasteiger partial charge in [-0.1, -0.05) is 12.1 Å². The minimum absolute atomic E-state index is 0.369. The Kier molecular flexibility index (Phi) is 6.50. The third-order valence-electron chi connectivity index (χ3n) is 3.88. The molecule has 2 N–H and O–H groups in total. The average molecular weight is 348 g/mol. The number of ether oxygens (including phenoxy) is 4. The predicted molar refractivity (Wildman–Crippen MR) is 93.7 cm³/mol. The summed E-state index contributed by atoms with van der Waals surface area (Å²) in [4.78, 5) is 0. The van der Waals surface area contributed by atoms with Gasteiger partial charge in [-0.3, -0.25) is 0 Å². The lowest BCUT2D eigenvalue weighted by Crippen LogP contribution is -2.29. The van der Waals surface area contributed by atoms with Crippen molar-refractivity contribution in [2.24, 2.45) is 0 Å². The topological polar surface area (TPSA) is 77.4 Å². The highest BCUT2D eigenvalue weighted by atomic mass is 16.5. The Morgan fingerprint density at radius 3 is 2.04 bits per heavy atom. The van der Waals surface area contributed by atoms with E-state index in [9.17, 15) is 10.2 Å². The summed E-state index contributed by atoms with van der Waals surface area (Å²) in [6.45, 7) is 1.57. The van der Waals surface area contributed by atoms with Crippen LogP contribution in [-0.4, -0.2) is 44.3 Å². The molecular formula is C19H24O6. The lowest BCUT2D eigenvalue weighted by Gasteiger charge is -2.24. The number of rotatable bonds is 8. The van der Waals surface area contributed by atoms with Gasteiger partial charge in [0, 0.05) is 0 Å². The Morgan fingerprint density at radius 1 is 0.840 bits per heavy atom. The molecule has 0 radical (unpaired) electrons. The predicted octanol–water partition coefficient (Wildman–Crippen LogP) is 2.49. The molecule has 25 heavy (non-hydrogen) atoms. The second-order valence-corrected chi connectivity index (χ2v) is 5.55. The van der Waals surface area contributed by atoms with E-state index >= 15 is 0 Å². The number of aliphatic hydroxyl groups is 2. The molecule has 0 bridgehead atoms. The first-order chi connectivity index (χ1) is 12.0. The van der Waals surface area contributed by atoms with Crippen LogP contribution in [0.4, 0.5) is 0 Å². The fourth-order valence-electron chi connectivity index (χ4n) is 2.49. The van der Waals surface area contributed by atoms with Crippen LogP contribution in [0.2, 0.25) is 0 Å². The van der Waals surface area contributed by atoms with Crippen LogP contribution in [0.1, 0.15) is 17.2 Å². The molecule has 0 amide bonds. The van der Waals surface area contributed by atoms with E-state index in [1.807, 2.05) is 19.1 Å². The van der Waals surface area contributed by atoms with Gasteiger partial charge in [-0.25, -0.2) is 0 Å². The van der Waals surface area contributed by atoms with Crippen LogP contribution >= 0.6 is 0 Å². The summed E-state index contributed by atoms with van der Waals surface area (Å²) in [6.07, 6.45) is -1.93. The maximum atomic E-state index is 10.6. The van der Waals surface area contributed by atoms with Crippen LogP contribution in [0, 0.1) is 6.92 Å². The van der Waals surface area contributed by atoms with Crippen molar-refractivity contribution in [3.05, 3.63) is 47.5 Å². The minimum Gasteiger partial charge on any atom is -0.493 e. The maximum absolute atomic E-state index is 10.6. The molecule has 0 aliphatic rings. The number of hydrogen-bond donors (Lipinski definition) is 2. The van der Waals surface area contributed by atoms with E-state index < -0.39 is 12.2 Å². The molecule has 0 aliphatic carbocycles. The van der Waals surface area contributed by atoms with Gasteiger partial charge in [-0.2, -0.15) is 0 Å². The van der Waals surface area contributed by atoms with E-state index in [1.165, 1.54) is 14.2 Å². The van der Waals surface area contributed by atoms with Gasteiger partial charge in [0.2, 0.25) is 0 Å². The van der Waals surface area contributed by atoms with Gasteiger partial charge in [0.25, 0.3) is 0 Å². The number of aryl methyl sites for hydroxylation is 1. The Bertz CT molecular complexity index is 700. The Labute approximate surface area is 147 Å². The van der Waals surface area contributed by atoms with E-state index in [4.69, 9.17) is 18.9 Å². The van der Waals surface area contributed by atoms with Crippen molar-refractivity contribution in [1.29, 1.82) is 0 Å². The fraction of sp³-hybridized carbons (Fsp3) is 0.368. The standard InChI is InChI=1S/C19H24O6/c1-12-5-7-15(16(9-12)23-3)25-18(11-20)19(21)13-6-8-14(22-2)17(10-13)24-4/h5-10,18-21H,11H2,1-4H3. The maximum Gasteiger partial charge on any atom is 0.161 e. The molecular weight excluding hydrogens is 324 g/mol. The molecule has 0 spiro atoms. The van der Waals surface area contributed by atoms with Gasteiger partial charge in [-0.05, 0) is 42.3 Å². The highest BCUT2D eigenvalue weighted by Gasteiger charge is 2.24. The zero-order chi connectivity index (χ0) is 18.4. The molecule has 2 aromatic rings. The molecule has 6 nitrogen and oxygen atoms in total. The molecule has 2 atom stereocenters. The Hall–Kier alpha value is -2.44. The number of benzene rings is 2. The van der Waals surface area contributed by atoms with Gasteiger partial charge >= 0.3 is 0 Å². The van der Waals surface area contributed by atoms with Crippen LogP contribution in [0.15, 0.2) is 36.4 Å². The Balaban J connectivity index is 2.25. The SMILES string of the molecule is COc1ccc(C(O)C(CO)Oc2ccc(C)cc2OC)cc1OC. The van der Waals surface area contributed by atoms with E-state index in [2.05, 4.69) is 0 Å². The highest BCUT2D eigenvalue weighted by Crippen LogP contribution is 2.34. The van der Waals surface area contributed by atoms with Gasteiger partial charge in [0.1, 0.15) is 6.10 Å². The van der Waals surface area contributed by atoms with Gasteiger partial charge < -0.3 is 29.2 Å². The smallest absolute Gasteiger partial charge is 0.161 e. The van der Waals surface area contributed by atoms with E-state index in [0.29, 0.717) is 28.6 Å². The first kappa shape index (κ1) is 18.9. The zero-order valence-corrected chi connectivity index (χ0v) is 14.9. The molecule has 0 heterocycles. The summed E-state index contributed by atoms with van der Waals surface area (Å²) < 4.78 is 21.5. The summed E-state index contributed by atoms with van der Waals surface area (Å²) in [5.41, 5.74) is 1.56. The summed E-state index contributed by atoms with van der Waals surface area (Å²) in [5.74, 6) is 2.04. The van der Waals surface area contributed by atoms with Crippen molar-refractivity contribution < 1.29 is 29.2 Å². The zero-order valence-electron chi connectivity index (χ0n) is 14.9. The van der Waals surface area contributed by atoms with Crippen LogP contribution in [-0.2, 0) is 0 Å². The second-order valence-electron chi connectivity index (χ2n) is 5.55. The molecule has 2 aromatic carbocycles. The fourth-order valence-corrected chi connectivity index (χ4v) is 2.49. The largest absolute Gasteiger partial charge is 0.493 e. The molecule has 0 aromatic heterocycles. The highest BCUT2D eigenvalue weighted by molar-refractivity contribution is 5.45. The Morgan fingerprint density at radius 2 is 1.44 bits per heavy atom. The normalized spacial score (nSPS) is 13.0. The summed E-state index contributed by atoms with van der Waals surface area (Å²) in [5, 5.41) is 20.3. The third-order valence-corrected chi connectivity index (χ3v) is 3.88. The molecule has 6 heteroatoms. The molecule has 2 rings (SSSR count). The van der Waals surface area contributed by atoms with Crippen LogP contribution in [0.5, 0.6) is 23.0 Å². The van der Waals surface area contributed by atoms with Crippen molar-refractivity contribution in [1.82, 2.24) is 0 Å². The molecule has 0 fully saturated rings. The van der Waals surface area contributed by atoms with Crippen LogP contribution < -0.4 is 18.9 Å². The first-order valence-corrected chi connectivity index (χ1v) is 7.86. The third kappa shape index (κ3) is 4.35. The lowest BCUT2D eigenvalue weighted by atomic mass is 10.0. The summed E-state index contributed by atoms with van der Waals surface area (Å²) in [7, 11) is 4.60. The van der Waals surface area contributed by atoms with Crippen molar-refractivity contribution in [3.8, 4) is 23.0 Å². The quantitative estimate of drug-likeness (QED) is 0.763. The van der Waals surface area contributed by atoms with Gasteiger partial charge in [0.05, 0.1) is 27.9 Å². The van der Waals surface area contributed by atoms with Crippen LogP contribution in [0.25, 0.3) is 0 Å². The van der Waals surface area contributed by atoms with Crippen molar-refractivity contribution in [3.63, 3.8) is 0 Å². The average Bonchev–Trinajstić information content (AvgIpc) is 2.65. The summed E-state index contributed by atoms with van der Waals surface area (Å²) in [6, 6.07) is 10.5. The molecule has 0 aliphatic heterocycles. The van der Waals surface area contributed by atoms with Crippen molar-refractivity contribution in [2.75, 3.05) is 27.9 Å².